The highest BCUT2D eigenvalue weighted by Crippen LogP contribution is 2.54. The molecule has 0 saturated heterocycles. The van der Waals surface area contributed by atoms with E-state index in [1.165, 1.54) is 27.6 Å². The molecule has 0 bridgehead atoms. The zero-order chi connectivity index (χ0) is 14.2. The van der Waals surface area contributed by atoms with E-state index in [-0.39, 0.29) is 6.04 Å². The molecule has 1 aliphatic carbocycles. The molecule has 106 valence electrons. The lowest BCUT2D eigenvalue weighted by atomic mass is 9.98. The Balaban J connectivity index is 1.66. The highest BCUT2D eigenvalue weighted by atomic mass is 32.1. The van der Waals surface area contributed by atoms with Gasteiger partial charge in [-0.05, 0) is 46.2 Å². The number of nitrogens with two attached hydrogens (primary N) is 1. The SMILES string of the molecule is NNC(c1cccc2ccsc12)C1CC1c1ccccc1. The van der Waals surface area contributed by atoms with Crippen molar-refractivity contribution in [3.63, 3.8) is 0 Å². The van der Waals surface area contributed by atoms with Crippen molar-refractivity contribution in [2.24, 2.45) is 11.8 Å². The summed E-state index contributed by atoms with van der Waals surface area (Å²) in [7, 11) is 0. The Morgan fingerprint density at radius 1 is 1.05 bits per heavy atom. The molecule has 0 aliphatic heterocycles. The standard InChI is InChI=1S/C18H18N2S/c19-20-17(14-8-4-7-13-9-10-21-18(13)14)16-11-15(16)12-5-2-1-3-6-12/h1-10,15-17,20H,11,19H2. The van der Waals surface area contributed by atoms with Gasteiger partial charge in [-0.15, -0.1) is 11.3 Å². The summed E-state index contributed by atoms with van der Waals surface area (Å²) in [5.74, 6) is 7.12. The summed E-state index contributed by atoms with van der Waals surface area (Å²) in [5.41, 5.74) is 5.84. The van der Waals surface area contributed by atoms with E-state index in [1.54, 1.807) is 11.3 Å². The van der Waals surface area contributed by atoms with Crippen molar-refractivity contribution in [2.45, 2.75) is 18.4 Å². The average Bonchev–Trinajstić information content (AvgIpc) is 3.16. The van der Waals surface area contributed by atoms with Crippen LogP contribution in [-0.2, 0) is 0 Å². The van der Waals surface area contributed by atoms with Gasteiger partial charge < -0.3 is 0 Å². The van der Waals surface area contributed by atoms with E-state index in [0.717, 1.165) is 0 Å². The number of hydrogen-bond acceptors (Lipinski definition) is 3. The van der Waals surface area contributed by atoms with E-state index in [9.17, 15) is 0 Å². The Morgan fingerprint density at radius 3 is 2.71 bits per heavy atom. The van der Waals surface area contributed by atoms with E-state index < -0.39 is 0 Å². The lowest BCUT2D eigenvalue weighted by Crippen LogP contribution is -2.29. The van der Waals surface area contributed by atoms with E-state index >= 15 is 0 Å². The minimum atomic E-state index is 0.234. The first-order valence-corrected chi connectivity index (χ1v) is 8.23. The third-order valence-corrected chi connectivity index (χ3v) is 5.50. The van der Waals surface area contributed by atoms with Crippen LogP contribution in [-0.4, -0.2) is 0 Å². The van der Waals surface area contributed by atoms with E-state index in [2.05, 4.69) is 65.4 Å². The van der Waals surface area contributed by atoms with E-state index in [0.29, 0.717) is 11.8 Å². The van der Waals surface area contributed by atoms with Gasteiger partial charge in [-0.1, -0.05) is 48.5 Å². The number of rotatable bonds is 4. The number of benzene rings is 2. The van der Waals surface area contributed by atoms with Crippen molar-refractivity contribution in [2.75, 3.05) is 0 Å². The van der Waals surface area contributed by atoms with Crippen LogP contribution in [0.4, 0.5) is 0 Å². The molecule has 2 aromatic carbocycles. The summed E-state index contributed by atoms with van der Waals surface area (Å²) in [4.78, 5) is 0. The first-order chi connectivity index (χ1) is 10.4. The molecule has 21 heavy (non-hydrogen) atoms. The van der Waals surface area contributed by atoms with Crippen LogP contribution in [0.3, 0.4) is 0 Å². The fourth-order valence-electron chi connectivity index (χ4n) is 3.37. The van der Waals surface area contributed by atoms with Crippen LogP contribution >= 0.6 is 11.3 Å². The van der Waals surface area contributed by atoms with E-state index in [1.807, 2.05) is 0 Å². The number of fused-ring (bicyclic) bond motifs is 1. The van der Waals surface area contributed by atoms with Crippen molar-refractivity contribution >= 4 is 21.4 Å². The molecule has 3 unspecified atom stereocenters. The normalized spacial score (nSPS) is 22.3. The second kappa shape index (κ2) is 5.26. The van der Waals surface area contributed by atoms with Crippen LogP contribution in [0.1, 0.15) is 29.5 Å². The maximum absolute atomic E-state index is 5.90. The number of thiophene rings is 1. The molecular formula is C18H18N2S. The summed E-state index contributed by atoms with van der Waals surface area (Å²) >= 11 is 1.80. The molecule has 3 aromatic rings. The van der Waals surface area contributed by atoms with Gasteiger partial charge in [-0.2, -0.15) is 0 Å². The van der Waals surface area contributed by atoms with Crippen LogP contribution in [0.25, 0.3) is 10.1 Å². The quantitative estimate of drug-likeness (QED) is 0.559. The van der Waals surface area contributed by atoms with Crippen LogP contribution in [0.2, 0.25) is 0 Å². The monoisotopic (exact) mass is 294 g/mol. The largest absolute Gasteiger partial charge is 0.271 e. The second-order valence-corrected chi connectivity index (χ2v) is 6.66. The lowest BCUT2D eigenvalue weighted by molar-refractivity contribution is 0.491. The fraction of sp³-hybridized carbons (Fsp3) is 0.222. The molecule has 1 aromatic heterocycles. The summed E-state index contributed by atoms with van der Waals surface area (Å²) in [6.07, 6.45) is 1.21. The van der Waals surface area contributed by atoms with Gasteiger partial charge in [-0.25, -0.2) is 0 Å². The van der Waals surface area contributed by atoms with Crippen LogP contribution < -0.4 is 11.3 Å². The smallest absolute Gasteiger partial charge is 0.0508 e. The Labute approximate surface area is 128 Å². The van der Waals surface area contributed by atoms with Crippen molar-refractivity contribution < 1.29 is 0 Å². The molecule has 1 fully saturated rings. The number of nitrogens with one attached hydrogen (secondary N) is 1. The highest BCUT2D eigenvalue weighted by molar-refractivity contribution is 7.17. The van der Waals surface area contributed by atoms with Crippen molar-refractivity contribution in [3.8, 4) is 0 Å². The van der Waals surface area contributed by atoms with Crippen molar-refractivity contribution in [3.05, 3.63) is 71.1 Å². The van der Waals surface area contributed by atoms with Gasteiger partial charge in [0.15, 0.2) is 0 Å². The maximum Gasteiger partial charge on any atom is 0.0508 e. The van der Waals surface area contributed by atoms with Crippen LogP contribution in [0.15, 0.2) is 60.0 Å². The Bertz CT molecular complexity index is 750. The Morgan fingerprint density at radius 2 is 1.90 bits per heavy atom. The van der Waals surface area contributed by atoms with E-state index in [4.69, 9.17) is 5.84 Å². The summed E-state index contributed by atoms with van der Waals surface area (Å²) in [6.45, 7) is 0. The van der Waals surface area contributed by atoms with Crippen LogP contribution in [0.5, 0.6) is 0 Å². The predicted octanol–water partition coefficient (Wildman–Crippen LogP) is 4.21. The number of hydrazine groups is 1. The second-order valence-electron chi connectivity index (χ2n) is 5.75. The first-order valence-electron chi connectivity index (χ1n) is 7.35. The molecule has 3 N–H and O–H groups in total. The molecule has 2 nitrogen and oxygen atoms in total. The van der Waals surface area contributed by atoms with Gasteiger partial charge in [0, 0.05) is 4.70 Å². The highest BCUT2D eigenvalue weighted by Gasteiger charge is 2.44. The minimum Gasteiger partial charge on any atom is -0.271 e. The van der Waals surface area contributed by atoms with Gasteiger partial charge in [-0.3, -0.25) is 11.3 Å². The molecule has 3 heteroatoms. The van der Waals surface area contributed by atoms with Crippen molar-refractivity contribution in [1.29, 1.82) is 0 Å². The molecule has 0 radical (unpaired) electrons. The summed E-state index contributed by atoms with van der Waals surface area (Å²) in [5, 5.41) is 3.47. The molecular weight excluding hydrogens is 276 g/mol. The Kier molecular flexibility index (Phi) is 3.26. The van der Waals surface area contributed by atoms with Gasteiger partial charge in [0.1, 0.15) is 0 Å². The zero-order valence-electron chi connectivity index (χ0n) is 11.7. The molecule has 1 aliphatic rings. The van der Waals surface area contributed by atoms with Gasteiger partial charge in [0.25, 0.3) is 0 Å². The molecule has 1 saturated carbocycles. The minimum absolute atomic E-state index is 0.234. The fourth-order valence-corrected chi connectivity index (χ4v) is 4.33. The number of hydrogen-bond donors (Lipinski definition) is 2. The van der Waals surface area contributed by atoms with Gasteiger partial charge in [0.05, 0.1) is 6.04 Å². The van der Waals surface area contributed by atoms with Crippen molar-refractivity contribution in [1.82, 2.24) is 5.43 Å². The molecule has 0 spiro atoms. The predicted molar refractivity (Wildman–Crippen MR) is 89.2 cm³/mol. The summed E-state index contributed by atoms with van der Waals surface area (Å²) in [6, 6.07) is 19.7. The third-order valence-electron chi connectivity index (χ3n) is 4.52. The molecule has 3 atom stereocenters. The Hall–Kier alpha value is -1.68. The molecule has 1 heterocycles. The van der Waals surface area contributed by atoms with Gasteiger partial charge >= 0.3 is 0 Å². The zero-order valence-corrected chi connectivity index (χ0v) is 12.5. The topological polar surface area (TPSA) is 38.0 Å². The molecule has 4 rings (SSSR count). The third kappa shape index (κ3) is 2.27. The maximum atomic E-state index is 5.90. The van der Waals surface area contributed by atoms with Gasteiger partial charge in [0.2, 0.25) is 0 Å². The first kappa shape index (κ1) is 13.0. The molecule has 0 amide bonds. The lowest BCUT2D eigenvalue weighted by Gasteiger charge is -2.17. The summed E-state index contributed by atoms with van der Waals surface area (Å²) < 4.78 is 1.36. The average molecular weight is 294 g/mol. The van der Waals surface area contributed by atoms with Crippen LogP contribution in [0, 0.1) is 5.92 Å².